The molecule has 1 fully saturated rings. The Morgan fingerprint density at radius 2 is 1.60 bits per heavy atom. The lowest BCUT2D eigenvalue weighted by atomic mass is 9.77. The van der Waals surface area contributed by atoms with Crippen molar-refractivity contribution in [2.45, 2.75) is 32.6 Å². The summed E-state index contributed by atoms with van der Waals surface area (Å²) in [4.78, 5) is 38.7. The Morgan fingerprint density at radius 3 is 2.05 bits per heavy atom. The predicted molar refractivity (Wildman–Crippen MR) is 76.8 cm³/mol. The van der Waals surface area contributed by atoms with E-state index in [1.54, 1.807) is 6.08 Å². The maximum atomic E-state index is 12.4. The fraction of sp³-hybridized carbons (Fsp3) is 0.533. The van der Waals surface area contributed by atoms with Gasteiger partial charge in [-0.25, -0.2) is 4.79 Å². The number of barbiturate groups is 1. The fourth-order valence-corrected chi connectivity index (χ4v) is 2.38. The summed E-state index contributed by atoms with van der Waals surface area (Å²) in [5, 5.41) is 0. The second kappa shape index (κ2) is 6.50. The molecule has 1 aliphatic rings. The molecule has 0 spiro atoms. The number of unbranched alkanes of at least 4 members (excludes halogenated alkanes) is 1. The van der Waals surface area contributed by atoms with Crippen LogP contribution in [0.5, 0.6) is 0 Å². The van der Waals surface area contributed by atoms with Crippen LogP contribution in [0.2, 0.25) is 0 Å². The van der Waals surface area contributed by atoms with E-state index in [2.05, 4.69) is 13.5 Å². The standard InChI is InChI=1S/C15H22N2O3/c1-5-7-8-9-11-15(10-6-2)12(18)16(3)14(20)17(4)13(15)19/h6,8-9H,2,5,7,10-11H2,1,3-4H3. The maximum absolute atomic E-state index is 12.4. The SMILES string of the molecule is C=CCC1(CC=CCCC)C(=O)N(C)C(=O)N(C)C1=O. The van der Waals surface area contributed by atoms with E-state index in [0.29, 0.717) is 6.42 Å². The van der Waals surface area contributed by atoms with Crippen LogP contribution in [0, 0.1) is 5.41 Å². The molecule has 1 saturated heterocycles. The third kappa shape index (κ3) is 2.66. The van der Waals surface area contributed by atoms with Gasteiger partial charge in [0.25, 0.3) is 0 Å². The van der Waals surface area contributed by atoms with Crippen molar-refractivity contribution in [1.29, 1.82) is 0 Å². The quantitative estimate of drug-likeness (QED) is 0.553. The Morgan fingerprint density at radius 1 is 1.05 bits per heavy atom. The molecule has 5 heteroatoms. The Kier molecular flexibility index (Phi) is 5.25. The van der Waals surface area contributed by atoms with E-state index in [9.17, 15) is 14.4 Å². The molecule has 0 bridgehead atoms. The Hall–Kier alpha value is -1.91. The molecular formula is C15H22N2O3. The minimum atomic E-state index is -1.23. The van der Waals surface area contributed by atoms with E-state index < -0.39 is 23.3 Å². The number of carbonyl (C=O) groups is 3. The first-order valence-corrected chi connectivity index (χ1v) is 6.78. The van der Waals surface area contributed by atoms with Crippen molar-refractivity contribution in [3.63, 3.8) is 0 Å². The zero-order valence-corrected chi connectivity index (χ0v) is 12.4. The van der Waals surface area contributed by atoms with Crippen molar-refractivity contribution in [3.05, 3.63) is 24.8 Å². The van der Waals surface area contributed by atoms with E-state index in [0.717, 1.165) is 22.6 Å². The maximum Gasteiger partial charge on any atom is 0.332 e. The van der Waals surface area contributed by atoms with E-state index in [4.69, 9.17) is 0 Å². The van der Waals surface area contributed by atoms with Crippen LogP contribution in [0.3, 0.4) is 0 Å². The van der Waals surface area contributed by atoms with Gasteiger partial charge in [0, 0.05) is 14.1 Å². The number of allylic oxidation sites excluding steroid dienone is 3. The van der Waals surface area contributed by atoms with Gasteiger partial charge < -0.3 is 0 Å². The number of rotatable bonds is 6. The summed E-state index contributed by atoms with van der Waals surface area (Å²) in [6.07, 6.45) is 7.78. The zero-order chi connectivity index (χ0) is 15.3. The summed E-state index contributed by atoms with van der Waals surface area (Å²) in [6, 6.07) is -0.586. The van der Waals surface area contributed by atoms with Gasteiger partial charge in [-0.15, -0.1) is 6.58 Å². The topological polar surface area (TPSA) is 57.7 Å². The molecule has 20 heavy (non-hydrogen) atoms. The summed E-state index contributed by atoms with van der Waals surface area (Å²) < 4.78 is 0. The number of carbonyl (C=O) groups excluding carboxylic acids is 3. The highest BCUT2D eigenvalue weighted by atomic mass is 16.2. The molecular weight excluding hydrogens is 256 g/mol. The van der Waals surface area contributed by atoms with Gasteiger partial charge in [0.05, 0.1) is 0 Å². The minimum absolute atomic E-state index is 0.225. The van der Waals surface area contributed by atoms with Crippen LogP contribution in [0.25, 0.3) is 0 Å². The van der Waals surface area contributed by atoms with E-state index in [-0.39, 0.29) is 6.42 Å². The highest BCUT2D eigenvalue weighted by molar-refractivity contribution is 6.18. The first-order chi connectivity index (χ1) is 9.42. The van der Waals surface area contributed by atoms with Gasteiger partial charge in [0.15, 0.2) is 0 Å². The molecule has 1 aliphatic heterocycles. The van der Waals surface area contributed by atoms with Crippen LogP contribution in [0.4, 0.5) is 4.79 Å². The van der Waals surface area contributed by atoms with Crippen molar-refractivity contribution in [1.82, 2.24) is 9.80 Å². The summed E-state index contributed by atoms with van der Waals surface area (Å²) in [7, 11) is 2.81. The van der Waals surface area contributed by atoms with Crippen molar-refractivity contribution in [2.75, 3.05) is 14.1 Å². The van der Waals surface area contributed by atoms with Crippen molar-refractivity contribution in [2.24, 2.45) is 5.41 Å². The average molecular weight is 278 g/mol. The number of nitrogens with zero attached hydrogens (tertiary/aromatic N) is 2. The molecule has 0 aromatic rings. The number of urea groups is 1. The van der Waals surface area contributed by atoms with Crippen molar-refractivity contribution in [3.8, 4) is 0 Å². The average Bonchev–Trinajstić information content (AvgIpc) is 2.45. The lowest BCUT2D eigenvalue weighted by molar-refractivity contribution is -0.156. The van der Waals surface area contributed by atoms with Gasteiger partial charge in [-0.1, -0.05) is 31.6 Å². The second-order valence-corrected chi connectivity index (χ2v) is 5.05. The highest BCUT2D eigenvalue weighted by Gasteiger charge is 2.53. The molecule has 110 valence electrons. The predicted octanol–water partition coefficient (Wildman–Crippen LogP) is 2.35. The molecule has 5 nitrogen and oxygen atoms in total. The lowest BCUT2D eigenvalue weighted by Crippen LogP contribution is -2.62. The molecule has 4 amide bonds. The third-order valence-corrected chi connectivity index (χ3v) is 3.58. The fourth-order valence-electron chi connectivity index (χ4n) is 2.38. The number of imide groups is 2. The lowest BCUT2D eigenvalue weighted by Gasteiger charge is -2.40. The summed E-state index contributed by atoms with van der Waals surface area (Å²) in [6.45, 7) is 5.69. The van der Waals surface area contributed by atoms with Crippen molar-refractivity contribution < 1.29 is 14.4 Å². The summed E-state index contributed by atoms with van der Waals surface area (Å²) >= 11 is 0. The van der Waals surface area contributed by atoms with Gasteiger partial charge >= 0.3 is 6.03 Å². The molecule has 0 atom stereocenters. The van der Waals surface area contributed by atoms with E-state index in [1.165, 1.54) is 14.1 Å². The number of hydrogen-bond acceptors (Lipinski definition) is 3. The summed E-state index contributed by atoms with van der Waals surface area (Å²) in [5.41, 5.74) is -1.23. The smallest absolute Gasteiger partial charge is 0.273 e. The molecule has 1 rings (SSSR count). The molecule has 0 aliphatic carbocycles. The molecule has 1 heterocycles. The van der Waals surface area contributed by atoms with Gasteiger partial charge in [-0.3, -0.25) is 19.4 Å². The van der Waals surface area contributed by atoms with Crippen LogP contribution in [0.15, 0.2) is 24.8 Å². The Labute approximate surface area is 119 Å². The van der Waals surface area contributed by atoms with Crippen molar-refractivity contribution >= 4 is 17.8 Å². The normalized spacial score (nSPS) is 19.1. The van der Waals surface area contributed by atoms with Gasteiger partial charge in [-0.05, 0) is 19.3 Å². The summed E-state index contributed by atoms with van der Waals surface area (Å²) in [5.74, 6) is -0.904. The second-order valence-electron chi connectivity index (χ2n) is 5.05. The highest BCUT2D eigenvalue weighted by Crippen LogP contribution is 2.36. The van der Waals surface area contributed by atoms with Crippen LogP contribution >= 0.6 is 0 Å². The van der Waals surface area contributed by atoms with Gasteiger partial charge in [0.1, 0.15) is 5.41 Å². The third-order valence-electron chi connectivity index (χ3n) is 3.58. The number of hydrogen-bond donors (Lipinski definition) is 0. The van der Waals surface area contributed by atoms with E-state index in [1.807, 2.05) is 12.2 Å². The van der Waals surface area contributed by atoms with Crippen LogP contribution < -0.4 is 0 Å². The van der Waals surface area contributed by atoms with Gasteiger partial charge in [-0.2, -0.15) is 0 Å². The first kappa shape index (κ1) is 16.1. The van der Waals surface area contributed by atoms with Crippen LogP contribution in [-0.4, -0.2) is 41.7 Å². The van der Waals surface area contributed by atoms with E-state index >= 15 is 0 Å². The molecule has 0 N–H and O–H groups in total. The molecule has 0 unspecified atom stereocenters. The van der Waals surface area contributed by atoms with Crippen LogP contribution in [-0.2, 0) is 9.59 Å². The Balaban J connectivity index is 3.13. The first-order valence-electron chi connectivity index (χ1n) is 6.78. The molecule has 0 aromatic carbocycles. The zero-order valence-electron chi connectivity index (χ0n) is 12.4. The monoisotopic (exact) mass is 278 g/mol. The number of amides is 4. The van der Waals surface area contributed by atoms with Gasteiger partial charge in [0.2, 0.25) is 11.8 Å². The molecule has 0 aromatic heterocycles. The largest absolute Gasteiger partial charge is 0.332 e. The van der Waals surface area contributed by atoms with Crippen LogP contribution in [0.1, 0.15) is 32.6 Å². The minimum Gasteiger partial charge on any atom is -0.273 e. The molecule has 0 radical (unpaired) electrons. The molecule has 0 saturated carbocycles. The Bertz CT molecular complexity index is 430.